The highest BCUT2D eigenvalue weighted by molar-refractivity contribution is 8.00. The minimum atomic E-state index is -3.51. The Morgan fingerprint density at radius 3 is 2.71 bits per heavy atom. The summed E-state index contributed by atoms with van der Waals surface area (Å²) in [5.74, 6) is -0.462. The second kappa shape index (κ2) is 6.73. The van der Waals surface area contributed by atoms with Crippen LogP contribution in [-0.2, 0) is 14.8 Å². The zero-order chi connectivity index (χ0) is 17.3. The molecule has 9 heteroatoms. The van der Waals surface area contributed by atoms with E-state index >= 15 is 0 Å². The fraction of sp³-hybridized carbons (Fsp3) is 0.467. The van der Waals surface area contributed by atoms with E-state index in [0.717, 1.165) is 31.0 Å². The van der Waals surface area contributed by atoms with E-state index in [2.05, 4.69) is 4.98 Å². The van der Waals surface area contributed by atoms with E-state index in [1.54, 1.807) is 13.0 Å². The van der Waals surface area contributed by atoms with Crippen LogP contribution in [0.2, 0.25) is 0 Å². The summed E-state index contributed by atoms with van der Waals surface area (Å²) >= 11 is 1.11. The molecule has 0 spiro atoms. The Hall–Kier alpha value is -1.58. The van der Waals surface area contributed by atoms with Gasteiger partial charge in [0.1, 0.15) is 5.52 Å². The summed E-state index contributed by atoms with van der Waals surface area (Å²) < 4.78 is 32.5. The van der Waals surface area contributed by atoms with Crippen molar-refractivity contribution in [1.29, 1.82) is 0 Å². The van der Waals surface area contributed by atoms with E-state index in [4.69, 9.17) is 10.2 Å². The van der Waals surface area contributed by atoms with E-state index in [9.17, 15) is 13.2 Å². The maximum Gasteiger partial charge on any atom is 0.257 e. The van der Waals surface area contributed by atoms with Gasteiger partial charge in [-0.3, -0.25) is 4.79 Å². The second-order valence-electron chi connectivity index (χ2n) is 5.74. The van der Waals surface area contributed by atoms with Crippen LogP contribution in [0, 0.1) is 0 Å². The highest BCUT2D eigenvalue weighted by Gasteiger charge is 2.26. The summed E-state index contributed by atoms with van der Waals surface area (Å²) in [5, 5.41) is -0.182. The van der Waals surface area contributed by atoms with Gasteiger partial charge in [-0.25, -0.2) is 13.4 Å². The van der Waals surface area contributed by atoms with Crippen LogP contribution in [0.15, 0.2) is 32.7 Å². The van der Waals surface area contributed by atoms with E-state index < -0.39 is 21.2 Å². The van der Waals surface area contributed by atoms with Crippen LogP contribution < -0.4 is 5.73 Å². The van der Waals surface area contributed by atoms with E-state index in [0.29, 0.717) is 29.4 Å². The summed E-state index contributed by atoms with van der Waals surface area (Å²) in [4.78, 5) is 15.6. The van der Waals surface area contributed by atoms with Crippen molar-refractivity contribution in [2.24, 2.45) is 5.73 Å². The van der Waals surface area contributed by atoms with Gasteiger partial charge in [0, 0.05) is 13.1 Å². The van der Waals surface area contributed by atoms with Gasteiger partial charge in [-0.2, -0.15) is 4.31 Å². The molecule has 0 bridgehead atoms. The van der Waals surface area contributed by atoms with Crippen molar-refractivity contribution in [3.8, 4) is 0 Å². The van der Waals surface area contributed by atoms with Crippen molar-refractivity contribution < 1.29 is 17.6 Å². The lowest BCUT2D eigenvalue weighted by molar-refractivity contribution is -0.117. The number of nitrogens with two attached hydrogens (primary N) is 1. The van der Waals surface area contributed by atoms with Crippen LogP contribution in [0.25, 0.3) is 11.1 Å². The van der Waals surface area contributed by atoms with E-state index in [-0.39, 0.29) is 4.90 Å². The van der Waals surface area contributed by atoms with Gasteiger partial charge in [0.05, 0.1) is 10.1 Å². The van der Waals surface area contributed by atoms with Gasteiger partial charge >= 0.3 is 0 Å². The van der Waals surface area contributed by atoms with Crippen molar-refractivity contribution in [2.75, 3.05) is 13.1 Å². The van der Waals surface area contributed by atoms with Crippen LogP contribution in [-0.4, -0.2) is 42.0 Å². The zero-order valence-electron chi connectivity index (χ0n) is 13.3. The molecule has 1 amide bonds. The molecule has 3 rings (SSSR count). The molecule has 2 N–H and O–H groups in total. The molecule has 1 aliphatic heterocycles. The standard InChI is InChI=1S/C15H19N3O4S2/c1-10(14(16)19)23-15-17-12-9-11(5-6-13(12)22-15)24(20,21)18-7-3-2-4-8-18/h5-6,9-10H,2-4,7-8H2,1H3,(H2,16,19). The largest absolute Gasteiger partial charge is 0.431 e. The summed E-state index contributed by atoms with van der Waals surface area (Å²) in [6.07, 6.45) is 2.83. The fourth-order valence-corrected chi connectivity index (χ4v) is 4.81. The summed E-state index contributed by atoms with van der Waals surface area (Å²) in [7, 11) is -3.51. The van der Waals surface area contributed by atoms with Crippen LogP contribution in [0.5, 0.6) is 0 Å². The summed E-state index contributed by atoms with van der Waals surface area (Å²) in [6.45, 7) is 2.76. The Bertz CT molecular complexity index is 857. The number of hydrogen-bond acceptors (Lipinski definition) is 6. The topological polar surface area (TPSA) is 106 Å². The van der Waals surface area contributed by atoms with Crippen LogP contribution in [0.3, 0.4) is 0 Å². The molecule has 24 heavy (non-hydrogen) atoms. The number of aromatic nitrogens is 1. The average Bonchev–Trinajstić information content (AvgIpc) is 2.96. The third kappa shape index (κ3) is 3.42. The quantitative estimate of drug-likeness (QED) is 0.808. The molecule has 130 valence electrons. The number of hydrogen-bond donors (Lipinski definition) is 1. The first-order valence-corrected chi connectivity index (χ1v) is 10.1. The Morgan fingerprint density at radius 2 is 2.04 bits per heavy atom. The van der Waals surface area contributed by atoms with E-state index in [1.807, 2.05) is 0 Å². The number of oxazole rings is 1. The minimum absolute atomic E-state index is 0.213. The SMILES string of the molecule is CC(Sc1nc2cc(S(=O)(=O)N3CCCCC3)ccc2o1)C(N)=O. The number of sulfonamides is 1. The predicted octanol–water partition coefficient (Wildman–Crippen LogP) is 1.97. The number of thioether (sulfide) groups is 1. The fourth-order valence-electron chi connectivity index (χ4n) is 2.56. The first kappa shape index (κ1) is 17.2. The molecule has 2 heterocycles. The van der Waals surface area contributed by atoms with Crippen LogP contribution >= 0.6 is 11.8 Å². The lowest BCUT2D eigenvalue weighted by Crippen LogP contribution is -2.35. The molecule has 1 aliphatic rings. The molecule has 1 atom stereocenters. The number of carbonyl (C=O) groups excluding carboxylic acids is 1. The number of fused-ring (bicyclic) bond motifs is 1. The predicted molar refractivity (Wildman–Crippen MR) is 91.1 cm³/mol. The van der Waals surface area contributed by atoms with Crippen molar-refractivity contribution in [2.45, 2.75) is 41.6 Å². The lowest BCUT2D eigenvalue weighted by Gasteiger charge is -2.25. The van der Waals surface area contributed by atoms with Crippen LogP contribution in [0.4, 0.5) is 0 Å². The third-order valence-electron chi connectivity index (χ3n) is 3.97. The Labute approximate surface area is 144 Å². The minimum Gasteiger partial charge on any atom is -0.431 e. The molecule has 1 aromatic carbocycles. The van der Waals surface area contributed by atoms with Crippen molar-refractivity contribution >= 4 is 38.8 Å². The average molecular weight is 369 g/mol. The maximum absolute atomic E-state index is 12.7. The molecular formula is C15H19N3O4S2. The van der Waals surface area contributed by atoms with Gasteiger partial charge in [-0.1, -0.05) is 18.2 Å². The molecule has 1 aromatic heterocycles. The Morgan fingerprint density at radius 1 is 1.33 bits per heavy atom. The van der Waals surface area contributed by atoms with Gasteiger partial charge in [-0.15, -0.1) is 0 Å². The number of amides is 1. The molecule has 7 nitrogen and oxygen atoms in total. The van der Waals surface area contributed by atoms with Crippen LogP contribution in [0.1, 0.15) is 26.2 Å². The van der Waals surface area contributed by atoms with Gasteiger partial charge in [0.2, 0.25) is 15.9 Å². The van der Waals surface area contributed by atoms with Gasteiger partial charge < -0.3 is 10.2 Å². The molecule has 1 saturated heterocycles. The number of carbonyl (C=O) groups is 1. The third-order valence-corrected chi connectivity index (χ3v) is 6.83. The Balaban J connectivity index is 1.89. The van der Waals surface area contributed by atoms with Gasteiger partial charge in [-0.05, 0) is 38.0 Å². The first-order valence-electron chi connectivity index (χ1n) is 7.74. The second-order valence-corrected chi connectivity index (χ2v) is 8.97. The molecule has 1 unspecified atom stereocenters. The smallest absolute Gasteiger partial charge is 0.257 e. The first-order chi connectivity index (χ1) is 11.4. The maximum atomic E-state index is 12.7. The zero-order valence-corrected chi connectivity index (χ0v) is 14.9. The van der Waals surface area contributed by atoms with Crippen molar-refractivity contribution in [3.63, 3.8) is 0 Å². The molecule has 0 aliphatic carbocycles. The number of piperidine rings is 1. The van der Waals surface area contributed by atoms with Crippen molar-refractivity contribution in [1.82, 2.24) is 9.29 Å². The highest BCUT2D eigenvalue weighted by atomic mass is 32.2. The molecule has 0 saturated carbocycles. The molecule has 1 fully saturated rings. The molecule has 0 radical (unpaired) electrons. The number of benzene rings is 1. The van der Waals surface area contributed by atoms with Gasteiger partial charge in [0.15, 0.2) is 5.58 Å². The summed E-state index contributed by atoms with van der Waals surface area (Å²) in [6, 6.07) is 4.64. The Kier molecular flexibility index (Phi) is 4.84. The highest BCUT2D eigenvalue weighted by Crippen LogP contribution is 2.29. The molecular weight excluding hydrogens is 350 g/mol. The normalized spacial score (nSPS) is 17.9. The number of rotatable bonds is 5. The van der Waals surface area contributed by atoms with E-state index in [1.165, 1.54) is 16.4 Å². The number of nitrogens with zero attached hydrogens (tertiary/aromatic N) is 2. The monoisotopic (exact) mass is 369 g/mol. The van der Waals surface area contributed by atoms with Gasteiger partial charge in [0.25, 0.3) is 5.22 Å². The lowest BCUT2D eigenvalue weighted by atomic mass is 10.2. The molecule has 2 aromatic rings. The van der Waals surface area contributed by atoms with Crippen molar-refractivity contribution in [3.05, 3.63) is 18.2 Å². The summed E-state index contributed by atoms with van der Waals surface area (Å²) in [5.41, 5.74) is 6.16. The number of primary amides is 1.